The van der Waals surface area contributed by atoms with Crippen LogP contribution in [-0.4, -0.2) is 31.4 Å². The third kappa shape index (κ3) is 3.07. The van der Waals surface area contributed by atoms with Crippen LogP contribution in [0.15, 0.2) is 24.3 Å². The van der Waals surface area contributed by atoms with E-state index >= 15 is 0 Å². The second-order valence-corrected chi connectivity index (χ2v) is 6.80. The summed E-state index contributed by atoms with van der Waals surface area (Å²) < 4.78 is 10.1. The van der Waals surface area contributed by atoms with E-state index < -0.39 is 17.8 Å². The summed E-state index contributed by atoms with van der Waals surface area (Å²) in [5.41, 5.74) is 1.58. The van der Waals surface area contributed by atoms with E-state index in [0.717, 1.165) is 24.8 Å². The minimum absolute atomic E-state index is 0.168. The number of ketones is 1. The van der Waals surface area contributed by atoms with E-state index in [4.69, 9.17) is 9.47 Å². The monoisotopic (exact) mass is 330 g/mol. The predicted octanol–water partition coefficient (Wildman–Crippen LogP) is 2.56. The summed E-state index contributed by atoms with van der Waals surface area (Å²) in [5.74, 6) is -1.54. The highest BCUT2D eigenvalue weighted by Crippen LogP contribution is 2.53. The molecule has 5 heteroatoms. The van der Waals surface area contributed by atoms with E-state index in [-0.39, 0.29) is 30.2 Å². The summed E-state index contributed by atoms with van der Waals surface area (Å²) in [6, 6.07) is 7.14. The van der Waals surface area contributed by atoms with Crippen molar-refractivity contribution >= 4 is 17.7 Å². The molecule has 0 aliphatic heterocycles. The second kappa shape index (κ2) is 6.75. The molecule has 0 N–H and O–H groups in total. The molecule has 2 aliphatic carbocycles. The number of hydrogen-bond donors (Lipinski definition) is 0. The van der Waals surface area contributed by atoms with Crippen LogP contribution in [0.25, 0.3) is 0 Å². The minimum Gasteiger partial charge on any atom is -0.469 e. The van der Waals surface area contributed by atoms with Gasteiger partial charge in [0.25, 0.3) is 0 Å². The second-order valence-electron chi connectivity index (χ2n) is 6.80. The van der Waals surface area contributed by atoms with Crippen molar-refractivity contribution in [2.75, 3.05) is 13.7 Å². The number of hydrogen-bond acceptors (Lipinski definition) is 5. The number of fused-ring (bicyclic) bond motifs is 2. The number of benzene rings is 1. The van der Waals surface area contributed by atoms with Crippen molar-refractivity contribution < 1.29 is 23.9 Å². The first kappa shape index (κ1) is 16.7. The van der Waals surface area contributed by atoms with Crippen molar-refractivity contribution in [3.8, 4) is 0 Å². The lowest BCUT2D eigenvalue weighted by Crippen LogP contribution is -2.37. The Labute approximate surface area is 141 Å². The summed E-state index contributed by atoms with van der Waals surface area (Å²) >= 11 is 0. The van der Waals surface area contributed by atoms with Crippen LogP contribution in [0.3, 0.4) is 0 Å². The van der Waals surface area contributed by atoms with Gasteiger partial charge in [0, 0.05) is 5.56 Å². The highest BCUT2D eigenvalue weighted by atomic mass is 16.5. The largest absolute Gasteiger partial charge is 0.469 e. The Morgan fingerprint density at radius 2 is 1.58 bits per heavy atom. The highest BCUT2D eigenvalue weighted by molar-refractivity contribution is 5.98. The molecule has 0 heterocycles. The van der Waals surface area contributed by atoms with E-state index in [1.807, 2.05) is 19.1 Å². The molecule has 24 heavy (non-hydrogen) atoms. The van der Waals surface area contributed by atoms with Crippen molar-refractivity contribution in [2.24, 2.45) is 23.7 Å². The maximum absolute atomic E-state index is 12.5. The Morgan fingerprint density at radius 3 is 2.17 bits per heavy atom. The van der Waals surface area contributed by atoms with Crippen LogP contribution in [0.4, 0.5) is 0 Å². The number of methoxy groups -OCH3 is 1. The average Bonchev–Trinajstić information content (AvgIpc) is 3.20. The first-order valence-corrected chi connectivity index (χ1v) is 8.35. The van der Waals surface area contributed by atoms with Gasteiger partial charge in [-0.15, -0.1) is 0 Å². The average molecular weight is 330 g/mol. The number of aryl methyl sites for hydroxylation is 1. The maximum atomic E-state index is 12.5. The lowest BCUT2D eigenvalue weighted by molar-refractivity contribution is -0.161. The van der Waals surface area contributed by atoms with Gasteiger partial charge in [-0.05, 0) is 38.0 Å². The van der Waals surface area contributed by atoms with Gasteiger partial charge in [0.15, 0.2) is 12.4 Å². The summed E-state index contributed by atoms with van der Waals surface area (Å²) in [6.45, 7) is 1.65. The topological polar surface area (TPSA) is 69.7 Å². The maximum Gasteiger partial charge on any atom is 0.310 e. The van der Waals surface area contributed by atoms with E-state index in [1.54, 1.807) is 12.1 Å². The van der Waals surface area contributed by atoms with Crippen LogP contribution >= 0.6 is 0 Å². The molecule has 0 amide bonds. The van der Waals surface area contributed by atoms with Crippen molar-refractivity contribution in [1.82, 2.24) is 0 Å². The molecular formula is C19H22O5. The van der Waals surface area contributed by atoms with Crippen LogP contribution < -0.4 is 0 Å². The number of carbonyl (C=O) groups is 3. The van der Waals surface area contributed by atoms with E-state index in [0.29, 0.717) is 5.56 Å². The molecule has 5 nitrogen and oxygen atoms in total. The highest BCUT2D eigenvalue weighted by Gasteiger charge is 2.55. The molecule has 1 aromatic rings. The molecule has 128 valence electrons. The molecule has 0 unspecified atom stereocenters. The standard InChI is InChI=1S/C19H22O5/c1-11-3-5-12(6-4-11)15(20)10-24-19(22)17-14-8-7-13(9-14)16(17)18(21)23-2/h3-6,13-14,16-17H,7-10H2,1-2H3/t13-,14-,16-,17-/m1/s1. The Hall–Kier alpha value is -2.17. The Kier molecular flexibility index (Phi) is 4.69. The van der Waals surface area contributed by atoms with Gasteiger partial charge in [0.05, 0.1) is 18.9 Å². The number of carbonyl (C=O) groups excluding carboxylic acids is 3. The van der Waals surface area contributed by atoms with Gasteiger partial charge < -0.3 is 9.47 Å². The van der Waals surface area contributed by atoms with Gasteiger partial charge in [-0.1, -0.05) is 29.8 Å². The van der Waals surface area contributed by atoms with Crippen LogP contribution in [-0.2, 0) is 19.1 Å². The summed E-state index contributed by atoms with van der Waals surface area (Å²) in [7, 11) is 1.34. The quantitative estimate of drug-likeness (QED) is 0.613. The van der Waals surface area contributed by atoms with Crippen LogP contribution in [0, 0.1) is 30.6 Å². The molecule has 0 saturated heterocycles. The van der Waals surface area contributed by atoms with Gasteiger partial charge in [-0.25, -0.2) is 0 Å². The van der Waals surface area contributed by atoms with Crippen LogP contribution in [0.2, 0.25) is 0 Å². The molecule has 1 aromatic carbocycles. The van der Waals surface area contributed by atoms with E-state index in [1.165, 1.54) is 7.11 Å². The Balaban J connectivity index is 1.63. The van der Waals surface area contributed by atoms with Crippen molar-refractivity contribution in [3.05, 3.63) is 35.4 Å². The lowest BCUT2D eigenvalue weighted by atomic mass is 9.79. The smallest absolute Gasteiger partial charge is 0.310 e. The zero-order valence-electron chi connectivity index (χ0n) is 14.0. The van der Waals surface area contributed by atoms with Crippen molar-refractivity contribution in [1.29, 1.82) is 0 Å². The Bertz CT molecular complexity index is 648. The minimum atomic E-state index is -0.470. The van der Waals surface area contributed by atoms with Gasteiger partial charge in [-0.2, -0.15) is 0 Å². The molecule has 2 bridgehead atoms. The van der Waals surface area contributed by atoms with E-state index in [2.05, 4.69) is 0 Å². The van der Waals surface area contributed by atoms with Crippen LogP contribution in [0.5, 0.6) is 0 Å². The zero-order valence-corrected chi connectivity index (χ0v) is 14.0. The molecule has 2 aliphatic rings. The lowest BCUT2D eigenvalue weighted by Gasteiger charge is -2.27. The summed E-state index contributed by atoms with van der Waals surface area (Å²) in [5, 5.41) is 0. The molecule has 0 spiro atoms. The summed E-state index contributed by atoms with van der Waals surface area (Å²) in [4.78, 5) is 36.6. The number of esters is 2. The van der Waals surface area contributed by atoms with Crippen molar-refractivity contribution in [2.45, 2.75) is 26.2 Å². The Morgan fingerprint density at radius 1 is 1.00 bits per heavy atom. The molecular weight excluding hydrogens is 308 g/mol. The molecule has 2 saturated carbocycles. The number of ether oxygens (including phenoxy) is 2. The summed E-state index contributed by atoms with van der Waals surface area (Å²) in [6.07, 6.45) is 2.76. The molecule has 2 fully saturated rings. The van der Waals surface area contributed by atoms with Gasteiger partial charge in [0.2, 0.25) is 0 Å². The fraction of sp³-hybridized carbons (Fsp3) is 0.526. The first-order chi connectivity index (χ1) is 11.5. The van der Waals surface area contributed by atoms with E-state index in [9.17, 15) is 14.4 Å². The third-order valence-corrected chi connectivity index (χ3v) is 5.38. The third-order valence-electron chi connectivity index (χ3n) is 5.38. The molecule has 0 radical (unpaired) electrons. The van der Waals surface area contributed by atoms with Gasteiger partial charge in [0.1, 0.15) is 0 Å². The first-order valence-electron chi connectivity index (χ1n) is 8.35. The normalized spacial score (nSPS) is 27.8. The fourth-order valence-corrected chi connectivity index (χ4v) is 4.16. The molecule has 0 aromatic heterocycles. The fourth-order valence-electron chi connectivity index (χ4n) is 4.16. The molecule has 4 atom stereocenters. The SMILES string of the molecule is COC(=O)[C@@H]1[C@@H]2CC[C@H](C2)[C@H]1C(=O)OCC(=O)c1ccc(C)cc1. The van der Waals surface area contributed by atoms with Crippen molar-refractivity contribution in [3.63, 3.8) is 0 Å². The zero-order chi connectivity index (χ0) is 17.3. The number of Topliss-reactive ketones (excluding diaryl/α,β-unsaturated/α-hetero) is 1. The number of rotatable bonds is 5. The predicted molar refractivity (Wildman–Crippen MR) is 86.3 cm³/mol. The van der Waals surface area contributed by atoms with Gasteiger partial charge >= 0.3 is 11.9 Å². The van der Waals surface area contributed by atoms with Gasteiger partial charge in [-0.3, -0.25) is 14.4 Å². The van der Waals surface area contributed by atoms with Crippen LogP contribution in [0.1, 0.15) is 35.2 Å². The molecule has 3 rings (SSSR count).